The third-order valence-corrected chi connectivity index (χ3v) is 6.02. The van der Waals surface area contributed by atoms with Gasteiger partial charge in [-0.2, -0.15) is 0 Å². The predicted molar refractivity (Wildman–Crippen MR) is 103 cm³/mol. The Morgan fingerprint density at radius 1 is 1.35 bits per heavy atom. The molecule has 0 spiro atoms. The third kappa shape index (κ3) is 6.03. The van der Waals surface area contributed by atoms with Crippen LogP contribution in [0.4, 0.5) is 4.79 Å². The number of amides is 2. The van der Waals surface area contributed by atoms with Crippen molar-refractivity contribution in [2.24, 2.45) is 0 Å². The molecule has 1 unspecified atom stereocenters. The number of sulfone groups is 1. The Labute approximate surface area is 155 Å². The van der Waals surface area contributed by atoms with E-state index in [1.807, 2.05) is 43.3 Å². The SMILES string of the molecule is COc1cccc(/C=C/NC(=O)N(CCN(C)C)C2CCS(=O)(=O)C2)c1. The van der Waals surface area contributed by atoms with Crippen molar-refractivity contribution in [2.75, 3.05) is 45.8 Å². The van der Waals surface area contributed by atoms with Gasteiger partial charge in [-0.15, -0.1) is 0 Å². The average Bonchev–Trinajstić information content (AvgIpc) is 2.94. The molecule has 0 aromatic heterocycles. The highest BCUT2D eigenvalue weighted by molar-refractivity contribution is 7.91. The highest BCUT2D eigenvalue weighted by Crippen LogP contribution is 2.18. The van der Waals surface area contributed by atoms with Gasteiger partial charge in [-0.1, -0.05) is 12.1 Å². The van der Waals surface area contributed by atoms with E-state index in [4.69, 9.17) is 4.74 Å². The summed E-state index contributed by atoms with van der Waals surface area (Å²) in [7, 11) is 2.39. The number of hydrogen-bond acceptors (Lipinski definition) is 5. The summed E-state index contributed by atoms with van der Waals surface area (Å²) in [6.07, 6.45) is 3.84. The molecule has 0 bridgehead atoms. The number of carbonyl (C=O) groups is 1. The van der Waals surface area contributed by atoms with Crippen LogP contribution < -0.4 is 10.1 Å². The minimum Gasteiger partial charge on any atom is -0.497 e. The van der Waals surface area contributed by atoms with Crippen LogP contribution in [0.1, 0.15) is 12.0 Å². The molecule has 1 atom stereocenters. The molecule has 1 saturated heterocycles. The lowest BCUT2D eigenvalue weighted by Gasteiger charge is -2.29. The lowest BCUT2D eigenvalue weighted by molar-refractivity contribution is 0.176. The fourth-order valence-electron chi connectivity index (χ4n) is 2.82. The Balaban J connectivity index is 2.02. The van der Waals surface area contributed by atoms with Crippen molar-refractivity contribution in [3.63, 3.8) is 0 Å². The number of likely N-dealkylation sites (N-methyl/N-ethyl adjacent to an activating group) is 1. The van der Waals surface area contributed by atoms with Crippen LogP contribution in [-0.2, 0) is 9.84 Å². The second-order valence-corrected chi connectivity index (χ2v) is 8.84. The maximum Gasteiger partial charge on any atom is 0.321 e. The summed E-state index contributed by atoms with van der Waals surface area (Å²) in [5.41, 5.74) is 0.896. The van der Waals surface area contributed by atoms with Gasteiger partial charge in [0.2, 0.25) is 0 Å². The molecular weight excluding hydrogens is 354 g/mol. The summed E-state index contributed by atoms with van der Waals surface area (Å²) in [6, 6.07) is 6.92. The Kier molecular flexibility index (Phi) is 7.05. The zero-order valence-corrected chi connectivity index (χ0v) is 16.3. The molecule has 1 aromatic rings. The quantitative estimate of drug-likeness (QED) is 0.773. The Morgan fingerprint density at radius 3 is 2.73 bits per heavy atom. The molecule has 0 saturated carbocycles. The molecule has 2 amide bonds. The zero-order valence-electron chi connectivity index (χ0n) is 15.5. The van der Waals surface area contributed by atoms with Gasteiger partial charge in [-0.25, -0.2) is 13.2 Å². The first-order chi connectivity index (χ1) is 12.3. The number of hydrogen-bond donors (Lipinski definition) is 1. The van der Waals surface area contributed by atoms with Crippen LogP contribution in [0.5, 0.6) is 5.75 Å². The molecule has 1 N–H and O–H groups in total. The first kappa shape index (κ1) is 20.3. The summed E-state index contributed by atoms with van der Waals surface area (Å²) < 4.78 is 28.7. The van der Waals surface area contributed by atoms with Gasteiger partial charge >= 0.3 is 6.03 Å². The monoisotopic (exact) mass is 381 g/mol. The maximum atomic E-state index is 12.6. The second kappa shape index (κ2) is 9.05. The fraction of sp³-hybridized carbons (Fsp3) is 0.500. The number of rotatable bonds is 7. The lowest BCUT2D eigenvalue weighted by atomic mass is 10.2. The number of methoxy groups -OCH3 is 1. The first-order valence-corrected chi connectivity index (χ1v) is 10.4. The average molecular weight is 381 g/mol. The molecule has 0 radical (unpaired) electrons. The van der Waals surface area contributed by atoms with Crippen LogP contribution in [-0.4, -0.2) is 76.1 Å². The van der Waals surface area contributed by atoms with Gasteiger partial charge in [0.05, 0.1) is 18.6 Å². The van der Waals surface area contributed by atoms with E-state index in [2.05, 4.69) is 5.32 Å². The summed E-state index contributed by atoms with van der Waals surface area (Å²) in [5, 5.41) is 2.75. The second-order valence-electron chi connectivity index (χ2n) is 6.61. The van der Waals surface area contributed by atoms with Gasteiger partial charge in [0, 0.05) is 25.3 Å². The van der Waals surface area contributed by atoms with Gasteiger partial charge in [0.1, 0.15) is 5.75 Å². The van der Waals surface area contributed by atoms with Crippen LogP contribution in [0.25, 0.3) is 6.08 Å². The number of benzene rings is 1. The summed E-state index contributed by atoms with van der Waals surface area (Å²) in [4.78, 5) is 16.2. The van der Waals surface area contributed by atoms with E-state index in [1.165, 1.54) is 0 Å². The van der Waals surface area contributed by atoms with E-state index in [0.29, 0.717) is 19.5 Å². The molecule has 0 aliphatic carbocycles. The molecular formula is C18H27N3O4S. The van der Waals surface area contributed by atoms with Crippen molar-refractivity contribution >= 4 is 21.9 Å². The van der Waals surface area contributed by atoms with Gasteiger partial charge in [0.25, 0.3) is 0 Å². The molecule has 8 heteroatoms. The van der Waals surface area contributed by atoms with Crippen molar-refractivity contribution in [3.8, 4) is 5.75 Å². The molecule has 1 aliphatic rings. The zero-order chi connectivity index (χ0) is 19.2. The van der Waals surface area contributed by atoms with Crippen LogP contribution >= 0.6 is 0 Å². The smallest absolute Gasteiger partial charge is 0.321 e. The third-order valence-electron chi connectivity index (χ3n) is 4.27. The number of urea groups is 1. The highest BCUT2D eigenvalue weighted by Gasteiger charge is 2.34. The first-order valence-electron chi connectivity index (χ1n) is 8.53. The largest absolute Gasteiger partial charge is 0.497 e. The van der Waals surface area contributed by atoms with E-state index < -0.39 is 9.84 Å². The molecule has 1 fully saturated rings. The topological polar surface area (TPSA) is 79.0 Å². The molecule has 2 rings (SSSR count). The number of carbonyl (C=O) groups excluding carboxylic acids is 1. The van der Waals surface area contributed by atoms with Crippen LogP contribution in [0.15, 0.2) is 30.5 Å². The van der Waals surface area contributed by atoms with Crippen molar-refractivity contribution in [2.45, 2.75) is 12.5 Å². The van der Waals surface area contributed by atoms with Gasteiger partial charge in [0.15, 0.2) is 9.84 Å². The van der Waals surface area contributed by atoms with Crippen molar-refractivity contribution in [3.05, 3.63) is 36.0 Å². The Bertz CT molecular complexity index is 747. The highest BCUT2D eigenvalue weighted by atomic mass is 32.2. The Hall–Kier alpha value is -2.06. The minimum absolute atomic E-state index is 0.0352. The van der Waals surface area contributed by atoms with Crippen LogP contribution in [0.2, 0.25) is 0 Å². The Morgan fingerprint density at radius 2 is 2.12 bits per heavy atom. The van der Waals surface area contributed by atoms with Gasteiger partial charge in [-0.05, 0) is 44.3 Å². The van der Waals surface area contributed by atoms with Gasteiger partial charge in [-0.3, -0.25) is 0 Å². The number of nitrogens with zero attached hydrogens (tertiary/aromatic N) is 2. The molecule has 144 valence electrons. The van der Waals surface area contributed by atoms with E-state index in [1.54, 1.807) is 24.3 Å². The minimum atomic E-state index is -3.05. The number of nitrogens with one attached hydrogen (secondary N) is 1. The normalized spacial score (nSPS) is 19.0. The molecule has 7 nitrogen and oxygen atoms in total. The number of ether oxygens (including phenoxy) is 1. The van der Waals surface area contributed by atoms with E-state index in [0.717, 1.165) is 11.3 Å². The summed E-state index contributed by atoms with van der Waals surface area (Å²) >= 11 is 0. The molecule has 1 heterocycles. The van der Waals surface area contributed by atoms with E-state index in [9.17, 15) is 13.2 Å². The summed E-state index contributed by atoms with van der Waals surface area (Å²) in [6.45, 7) is 1.15. The van der Waals surface area contributed by atoms with Crippen LogP contribution in [0.3, 0.4) is 0 Å². The fourth-order valence-corrected chi connectivity index (χ4v) is 4.55. The van der Waals surface area contributed by atoms with Crippen molar-refractivity contribution in [1.82, 2.24) is 15.1 Å². The van der Waals surface area contributed by atoms with Crippen molar-refractivity contribution < 1.29 is 17.9 Å². The molecule has 1 aromatic carbocycles. The maximum absolute atomic E-state index is 12.6. The van der Waals surface area contributed by atoms with E-state index >= 15 is 0 Å². The predicted octanol–water partition coefficient (Wildman–Crippen LogP) is 1.43. The molecule has 1 aliphatic heterocycles. The van der Waals surface area contributed by atoms with Crippen LogP contribution in [0, 0.1) is 0 Å². The standard InChI is InChI=1S/C18H27N3O4S/c1-20(2)10-11-21(16-8-12-26(23,24)14-16)18(22)19-9-7-15-5-4-6-17(13-15)25-3/h4-7,9,13,16H,8,10-12,14H2,1-3H3,(H,19,22)/b9-7+. The van der Waals surface area contributed by atoms with E-state index in [-0.39, 0.29) is 23.6 Å². The van der Waals surface area contributed by atoms with Gasteiger partial charge < -0.3 is 19.9 Å². The van der Waals surface area contributed by atoms with Crippen molar-refractivity contribution in [1.29, 1.82) is 0 Å². The lowest BCUT2D eigenvalue weighted by Crippen LogP contribution is -2.48. The summed E-state index contributed by atoms with van der Waals surface area (Å²) in [5.74, 6) is 0.915. The molecule has 26 heavy (non-hydrogen) atoms.